The average molecular weight is 602 g/mol. The molecule has 0 aliphatic carbocycles. The number of hydrogen-bond acceptors (Lipinski definition) is 7. The Morgan fingerprint density at radius 3 is 2.18 bits per heavy atom. The summed E-state index contributed by atoms with van der Waals surface area (Å²) in [5.74, 6) is -4.58. The maximum absolute atomic E-state index is 12.3. The fraction of sp³-hybridized carbons (Fsp3) is 0.500. The van der Waals surface area contributed by atoms with E-state index in [0.717, 1.165) is 10.0 Å². The molecule has 0 radical (unpaired) electrons. The molecular weight excluding hydrogens is 570 g/mol. The number of carbonyl (C=O) groups is 6. The molecule has 38 heavy (non-hydrogen) atoms. The third-order valence-electron chi connectivity index (χ3n) is 5.35. The number of hydrogen-bond donors (Lipinski definition) is 5. The number of carbonyl (C=O) groups excluding carboxylic acids is 3. The Balaban J connectivity index is 2.31. The summed E-state index contributed by atoms with van der Waals surface area (Å²) >= 11 is 3.33. The van der Waals surface area contributed by atoms with Crippen molar-refractivity contribution in [3.8, 4) is 0 Å². The Kier molecular flexibility index (Phi) is 14.4. The van der Waals surface area contributed by atoms with Crippen LogP contribution in [-0.4, -0.2) is 88.3 Å². The van der Waals surface area contributed by atoms with E-state index < -0.39 is 49.0 Å². The molecule has 0 saturated carbocycles. The summed E-state index contributed by atoms with van der Waals surface area (Å²) < 4.78 is 5.55. The van der Waals surface area contributed by atoms with Crippen LogP contribution in [0.15, 0.2) is 28.7 Å². The van der Waals surface area contributed by atoms with Crippen molar-refractivity contribution in [2.24, 2.45) is 0 Å². The van der Waals surface area contributed by atoms with Crippen LogP contribution >= 0.6 is 15.9 Å². The van der Waals surface area contributed by atoms with E-state index in [1.54, 1.807) is 7.05 Å². The number of halogens is 1. The topological polar surface area (TPSA) is 200 Å². The summed E-state index contributed by atoms with van der Waals surface area (Å²) in [6, 6.07) is 6.00. The number of amides is 3. The molecule has 0 aliphatic heterocycles. The Labute approximate surface area is 227 Å². The highest BCUT2D eigenvalue weighted by molar-refractivity contribution is 9.10. The van der Waals surface area contributed by atoms with Crippen LogP contribution in [-0.2, 0) is 35.1 Å². The highest BCUT2D eigenvalue weighted by Gasteiger charge is 2.26. The Morgan fingerprint density at radius 1 is 0.947 bits per heavy atom. The Morgan fingerprint density at radius 2 is 1.61 bits per heavy atom. The van der Waals surface area contributed by atoms with Crippen molar-refractivity contribution < 1.29 is 48.8 Å². The van der Waals surface area contributed by atoms with E-state index in [9.17, 15) is 33.9 Å². The van der Waals surface area contributed by atoms with E-state index in [1.807, 2.05) is 24.3 Å². The predicted molar refractivity (Wildman–Crippen MR) is 136 cm³/mol. The minimum Gasteiger partial charge on any atom is -0.481 e. The molecular formula is C24H32BrN3O10. The molecule has 1 aromatic rings. The minimum absolute atomic E-state index is 0.0134. The van der Waals surface area contributed by atoms with Gasteiger partial charge in [0.1, 0.15) is 6.04 Å². The van der Waals surface area contributed by atoms with Crippen LogP contribution in [0.3, 0.4) is 0 Å². The molecule has 1 rings (SSSR count). The molecule has 5 N–H and O–H groups in total. The third kappa shape index (κ3) is 13.6. The fourth-order valence-corrected chi connectivity index (χ4v) is 3.41. The molecule has 0 saturated heterocycles. The highest BCUT2D eigenvalue weighted by atomic mass is 79.9. The summed E-state index contributed by atoms with van der Waals surface area (Å²) in [6.45, 7) is 0.487. The summed E-state index contributed by atoms with van der Waals surface area (Å²) in [7, 11) is 1.61. The SMILES string of the molecule is CN(CCC(=O)NCCCC[C@H](NC(=O)OC(CCC(=O)O)C(=O)O)C(=O)O)C(=O)Cc1ccc(Br)cc1. The number of unbranched alkanes of at least 4 members (excludes halogenated alkanes) is 1. The van der Waals surface area contributed by atoms with Crippen molar-refractivity contribution in [1.29, 1.82) is 0 Å². The van der Waals surface area contributed by atoms with Gasteiger partial charge in [-0.05, 0) is 37.0 Å². The monoisotopic (exact) mass is 601 g/mol. The number of aliphatic carboxylic acids is 3. The van der Waals surface area contributed by atoms with Crippen LogP contribution in [0, 0.1) is 0 Å². The van der Waals surface area contributed by atoms with E-state index >= 15 is 0 Å². The molecule has 13 nitrogen and oxygen atoms in total. The molecule has 2 atom stereocenters. The van der Waals surface area contributed by atoms with E-state index in [4.69, 9.17) is 10.2 Å². The van der Waals surface area contributed by atoms with E-state index in [1.165, 1.54) is 4.90 Å². The first-order chi connectivity index (χ1) is 17.9. The van der Waals surface area contributed by atoms with Gasteiger partial charge < -0.3 is 35.6 Å². The molecule has 1 aromatic carbocycles. The third-order valence-corrected chi connectivity index (χ3v) is 5.87. The van der Waals surface area contributed by atoms with E-state index in [2.05, 4.69) is 31.3 Å². The lowest BCUT2D eigenvalue weighted by Crippen LogP contribution is -2.43. The zero-order valence-corrected chi connectivity index (χ0v) is 22.4. The van der Waals surface area contributed by atoms with Gasteiger partial charge in [0, 0.05) is 43.9 Å². The number of nitrogens with one attached hydrogen (secondary N) is 2. The van der Waals surface area contributed by atoms with E-state index in [0.29, 0.717) is 12.8 Å². The number of nitrogens with zero attached hydrogens (tertiary/aromatic N) is 1. The molecule has 0 bridgehead atoms. The van der Waals surface area contributed by atoms with Crippen LogP contribution in [0.4, 0.5) is 4.79 Å². The number of ether oxygens (including phenoxy) is 1. The second-order valence-corrected chi connectivity index (χ2v) is 9.33. The zero-order valence-electron chi connectivity index (χ0n) is 20.9. The van der Waals surface area contributed by atoms with Crippen LogP contribution in [0.5, 0.6) is 0 Å². The maximum atomic E-state index is 12.3. The van der Waals surface area contributed by atoms with Gasteiger partial charge in [-0.15, -0.1) is 0 Å². The molecule has 210 valence electrons. The van der Waals surface area contributed by atoms with Crippen molar-refractivity contribution in [3.05, 3.63) is 34.3 Å². The smallest absolute Gasteiger partial charge is 0.408 e. The van der Waals surface area contributed by atoms with Gasteiger partial charge in [-0.1, -0.05) is 28.1 Å². The van der Waals surface area contributed by atoms with Crippen LogP contribution in [0.2, 0.25) is 0 Å². The molecule has 0 heterocycles. The second kappa shape index (κ2) is 16.9. The van der Waals surface area contributed by atoms with Crippen molar-refractivity contribution in [2.45, 2.75) is 57.1 Å². The van der Waals surface area contributed by atoms with E-state index in [-0.39, 0.29) is 44.2 Å². The summed E-state index contributed by atoms with van der Waals surface area (Å²) in [6.07, 6.45) is -3.02. The lowest BCUT2D eigenvalue weighted by atomic mass is 10.1. The van der Waals surface area contributed by atoms with Crippen molar-refractivity contribution in [3.63, 3.8) is 0 Å². The quantitative estimate of drug-likeness (QED) is 0.163. The number of rotatable bonds is 17. The van der Waals surface area contributed by atoms with Crippen LogP contribution in [0.1, 0.15) is 44.1 Å². The van der Waals surface area contributed by atoms with Gasteiger partial charge >= 0.3 is 24.0 Å². The molecule has 0 fully saturated rings. The average Bonchev–Trinajstić information content (AvgIpc) is 2.84. The fourth-order valence-electron chi connectivity index (χ4n) is 3.15. The van der Waals surface area contributed by atoms with Crippen LogP contribution in [0.25, 0.3) is 0 Å². The number of likely N-dealkylation sites (N-methyl/N-ethyl adjacent to an activating group) is 1. The van der Waals surface area contributed by atoms with Gasteiger partial charge in [0.15, 0.2) is 0 Å². The first kappa shape index (κ1) is 32.3. The first-order valence-electron chi connectivity index (χ1n) is 11.8. The molecule has 14 heteroatoms. The number of benzene rings is 1. The highest BCUT2D eigenvalue weighted by Crippen LogP contribution is 2.11. The van der Waals surface area contributed by atoms with Gasteiger partial charge in [-0.3, -0.25) is 14.4 Å². The summed E-state index contributed by atoms with van der Waals surface area (Å²) in [5, 5.41) is 31.7. The first-order valence-corrected chi connectivity index (χ1v) is 12.6. The van der Waals surface area contributed by atoms with Gasteiger partial charge in [-0.25, -0.2) is 14.4 Å². The Hall–Kier alpha value is -3.68. The van der Waals surface area contributed by atoms with Crippen molar-refractivity contribution >= 4 is 51.7 Å². The van der Waals surface area contributed by atoms with Crippen molar-refractivity contribution in [1.82, 2.24) is 15.5 Å². The zero-order chi connectivity index (χ0) is 28.7. The number of carboxylic acid groups (broad SMARTS) is 3. The maximum Gasteiger partial charge on any atom is 0.408 e. The number of alkyl carbamates (subject to hydrolysis) is 1. The minimum atomic E-state index is -1.73. The normalized spacial score (nSPS) is 12.1. The molecule has 0 spiro atoms. The lowest BCUT2D eigenvalue weighted by molar-refractivity contribution is -0.148. The van der Waals surface area contributed by atoms with Crippen molar-refractivity contribution in [2.75, 3.05) is 20.1 Å². The second-order valence-electron chi connectivity index (χ2n) is 8.41. The summed E-state index contributed by atoms with van der Waals surface area (Å²) in [5.41, 5.74) is 0.858. The molecule has 0 aliphatic rings. The summed E-state index contributed by atoms with van der Waals surface area (Å²) in [4.78, 5) is 70.8. The largest absolute Gasteiger partial charge is 0.481 e. The standard InChI is InChI=1S/C24H32BrN3O10/c1-28(20(30)14-15-5-7-16(25)8-6-15)13-11-19(29)26-12-3-2-4-17(22(33)34)27-24(37)38-18(23(35)36)9-10-21(31)32/h5-8,17-18H,2-4,9-14H2,1H3,(H,26,29)(H,27,37)(H,31,32)(H,33,34)(H,35,36)/t17-,18?/m0/s1. The van der Waals surface area contributed by atoms with Crippen LogP contribution < -0.4 is 10.6 Å². The van der Waals surface area contributed by atoms with Gasteiger partial charge in [0.2, 0.25) is 17.9 Å². The van der Waals surface area contributed by atoms with Gasteiger partial charge in [-0.2, -0.15) is 0 Å². The van der Waals surface area contributed by atoms with Gasteiger partial charge in [0.05, 0.1) is 6.42 Å². The molecule has 3 amide bonds. The Bertz CT molecular complexity index is 986. The number of carboxylic acids is 3. The molecule has 0 aromatic heterocycles. The van der Waals surface area contributed by atoms with Gasteiger partial charge in [0.25, 0.3) is 0 Å². The lowest BCUT2D eigenvalue weighted by Gasteiger charge is -2.18. The molecule has 1 unspecified atom stereocenters. The predicted octanol–water partition coefficient (Wildman–Crippen LogP) is 1.62.